The van der Waals surface area contributed by atoms with Gasteiger partial charge in [0.2, 0.25) is 5.91 Å². The molecule has 0 aliphatic carbocycles. The fourth-order valence-electron chi connectivity index (χ4n) is 2.76. The summed E-state index contributed by atoms with van der Waals surface area (Å²) in [5.74, 6) is -0.115. The average molecular weight is 369 g/mol. The van der Waals surface area contributed by atoms with Crippen molar-refractivity contribution in [3.63, 3.8) is 0 Å². The third-order valence-electron chi connectivity index (χ3n) is 4.16. The van der Waals surface area contributed by atoms with Crippen LogP contribution >= 0.6 is 0 Å². The molecule has 26 heavy (non-hydrogen) atoms. The van der Waals surface area contributed by atoms with Gasteiger partial charge in [-0.15, -0.1) is 5.10 Å². The molecule has 0 radical (unpaired) electrons. The van der Waals surface area contributed by atoms with E-state index in [4.69, 9.17) is 5.73 Å². The number of benzene rings is 1. The summed E-state index contributed by atoms with van der Waals surface area (Å²) in [6.07, 6.45) is -4.33. The number of nitrogens with two attached hydrogens (primary N) is 1. The van der Waals surface area contributed by atoms with Crippen LogP contribution in [0.15, 0.2) is 24.3 Å². The van der Waals surface area contributed by atoms with Gasteiger partial charge in [-0.25, -0.2) is 0 Å². The monoisotopic (exact) mass is 369 g/mol. The number of halogens is 3. The minimum atomic E-state index is -4.33. The van der Waals surface area contributed by atoms with E-state index in [1.54, 1.807) is 4.90 Å². The van der Waals surface area contributed by atoms with Gasteiger partial charge < -0.3 is 10.6 Å². The summed E-state index contributed by atoms with van der Waals surface area (Å²) in [5, 5.41) is 10.9. The summed E-state index contributed by atoms with van der Waals surface area (Å²) in [6, 6.07) is 5.15. The molecule has 2 heterocycles. The number of piperazine rings is 1. The third kappa shape index (κ3) is 4.48. The van der Waals surface area contributed by atoms with Crippen LogP contribution in [0.2, 0.25) is 0 Å². The number of hydrogen-bond acceptors (Lipinski definition) is 6. The lowest BCUT2D eigenvalue weighted by atomic mass is 10.1. The Balaban J connectivity index is 1.48. The summed E-state index contributed by atoms with van der Waals surface area (Å²) in [5.41, 5.74) is 5.51. The van der Waals surface area contributed by atoms with Gasteiger partial charge in [0, 0.05) is 32.7 Å². The Morgan fingerprint density at radius 2 is 1.77 bits per heavy atom. The van der Waals surface area contributed by atoms with Gasteiger partial charge >= 0.3 is 6.18 Å². The van der Waals surface area contributed by atoms with E-state index in [9.17, 15) is 18.0 Å². The van der Waals surface area contributed by atoms with E-state index in [2.05, 4.69) is 20.3 Å². The lowest BCUT2D eigenvalue weighted by molar-refractivity contribution is -0.137. The Bertz CT molecular complexity index is 751. The second-order valence-corrected chi connectivity index (χ2v) is 6.03. The summed E-state index contributed by atoms with van der Waals surface area (Å²) < 4.78 is 37.8. The molecule has 1 saturated heterocycles. The molecule has 140 valence electrons. The Hall–Kier alpha value is -2.69. The lowest BCUT2D eigenvalue weighted by Crippen LogP contribution is -2.49. The van der Waals surface area contributed by atoms with Gasteiger partial charge in [-0.1, -0.05) is 17.2 Å². The highest BCUT2D eigenvalue weighted by Gasteiger charge is 2.30. The Morgan fingerprint density at radius 1 is 1.12 bits per heavy atom. The molecule has 2 N–H and O–H groups in total. The number of carbonyl (C=O) groups excluding carboxylic acids is 1. The van der Waals surface area contributed by atoms with Crippen molar-refractivity contribution in [1.29, 1.82) is 0 Å². The molecule has 0 atom stereocenters. The SMILES string of the molecule is Nc1nnn(CC(=O)N2CCN(Cc3ccc(C(F)(F)F)cc3)CC2)n1. The van der Waals surface area contributed by atoms with Crippen molar-refractivity contribution >= 4 is 11.9 Å². The minimum Gasteiger partial charge on any atom is -0.365 e. The van der Waals surface area contributed by atoms with E-state index < -0.39 is 11.7 Å². The second-order valence-electron chi connectivity index (χ2n) is 6.03. The summed E-state index contributed by atoms with van der Waals surface area (Å²) in [6.45, 7) is 2.86. The molecular formula is C15H18F3N7O. The molecule has 1 aromatic heterocycles. The van der Waals surface area contributed by atoms with Crippen molar-refractivity contribution in [1.82, 2.24) is 30.0 Å². The number of aromatic nitrogens is 4. The molecule has 11 heteroatoms. The maximum atomic E-state index is 12.6. The predicted octanol–water partition coefficient (Wildman–Crippen LogP) is 0.619. The van der Waals surface area contributed by atoms with Crippen LogP contribution in [-0.4, -0.2) is 62.1 Å². The fraction of sp³-hybridized carbons (Fsp3) is 0.467. The number of nitrogen functional groups attached to an aromatic ring is 1. The third-order valence-corrected chi connectivity index (χ3v) is 4.16. The highest BCUT2D eigenvalue weighted by atomic mass is 19.4. The zero-order valence-electron chi connectivity index (χ0n) is 13.9. The standard InChI is InChI=1S/C15H18F3N7O/c16-15(17,18)12-3-1-11(2-4-12)9-23-5-7-24(8-6-23)13(26)10-25-21-14(19)20-22-25/h1-4H,5-10H2,(H2,19,21). The fourth-order valence-corrected chi connectivity index (χ4v) is 2.76. The largest absolute Gasteiger partial charge is 0.416 e. The zero-order valence-corrected chi connectivity index (χ0v) is 13.9. The molecule has 1 aliphatic rings. The highest BCUT2D eigenvalue weighted by Crippen LogP contribution is 2.29. The molecule has 1 aromatic carbocycles. The van der Waals surface area contributed by atoms with E-state index in [1.807, 2.05) is 0 Å². The van der Waals surface area contributed by atoms with E-state index in [0.29, 0.717) is 32.7 Å². The average Bonchev–Trinajstić information content (AvgIpc) is 3.00. The van der Waals surface area contributed by atoms with Crippen molar-refractivity contribution in [2.45, 2.75) is 19.3 Å². The van der Waals surface area contributed by atoms with Crippen LogP contribution in [0.25, 0.3) is 0 Å². The van der Waals surface area contributed by atoms with Crippen molar-refractivity contribution < 1.29 is 18.0 Å². The molecule has 2 aromatic rings. The van der Waals surface area contributed by atoms with Crippen LogP contribution in [0.5, 0.6) is 0 Å². The van der Waals surface area contributed by atoms with Crippen LogP contribution in [-0.2, 0) is 24.1 Å². The summed E-state index contributed by atoms with van der Waals surface area (Å²) >= 11 is 0. The van der Waals surface area contributed by atoms with Gasteiger partial charge in [0.25, 0.3) is 5.95 Å². The topological polar surface area (TPSA) is 93.2 Å². The molecule has 8 nitrogen and oxygen atoms in total. The van der Waals surface area contributed by atoms with Crippen LogP contribution < -0.4 is 5.73 Å². The number of alkyl halides is 3. The minimum absolute atomic E-state index is 0.0131. The lowest BCUT2D eigenvalue weighted by Gasteiger charge is -2.34. The molecule has 0 bridgehead atoms. The molecule has 0 spiro atoms. The van der Waals surface area contributed by atoms with Gasteiger partial charge in [-0.3, -0.25) is 9.69 Å². The van der Waals surface area contributed by atoms with Crippen LogP contribution in [0.1, 0.15) is 11.1 Å². The molecule has 0 saturated carbocycles. The first-order chi connectivity index (χ1) is 12.3. The molecule has 0 unspecified atom stereocenters. The van der Waals surface area contributed by atoms with Crippen molar-refractivity contribution in [2.75, 3.05) is 31.9 Å². The first-order valence-electron chi connectivity index (χ1n) is 8.01. The van der Waals surface area contributed by atoms with Crippen LogP contribution in [0.3, 0.4) is 0 Å². The zero-order chi connectivity index (χ0) is 18.7. The number of rotatable bonds is 4. The highest BCUT2D eigenvalue weighted by molar-refractivity contribution is 5.75. The van der Waals surface area contributed by atoms with E-state index in [-0.39, 0.29) is 18.4 Å². The first kappa shape index (κ1) is 18.1. The Morgan fingerprint density at radius 3 is 2.31 bits per heavy atom. The van der Waals surface area contributed by atoms with Gasteiger partial charge in [0.05, 0.1) is 5.56 Å². The Kier molecular flexibility index (Phi) is 5.07. The number of carbonyl (C=O) groups is 1. The second kappa shape index (κ2) is 7.28. The van der Waals surface area contributed by atoms with Gasteiger partial charge in [-0.05, 0) is 22.9 Å². The number of amides is 1. The van der Waals surface area contributed by atoms with Crippen molar-refractivity contribution in [3.8, 4) is 0 Å². The smallest absolute Gasteiger partial charge is 0.365 e. The maximum Gasteiger partial charge on any atom is 0.416 e. The summed E-state index contributed by atoms with van der Waals surface area (Å²) in [7, 11) is 0. The van der Waals surface area contributed by atoms with Crippen molar-refractivity contribution in [3.05, 3.63) is 35.4 Å². The van der Waals surface area contributed by atoms with E-state index >= 15 is 0 Å². The van der Waals surface area contributed by atoms with Crippen LogP contribution in [0.4, 0.5) is 19.1 Å². The maximum absolute atomic E-state index is 12.6. The predicted molar refractivity (Wildman–Crippen MR) is 85.5 cm³/mol. The number of anilines is 1. The first-order valence-corrected chi connectivity index (χ1v) is 8.01. The summed E-state index contributed by atoms with van der Waals surface area (Å²) in [4.78, 5) is 17.1. The van der Waals surface area contributed by atoms with Gasteiger partial charge in [-0.2, -0.15) is 18.0 Å². The van der Waals surface area contributed by atoms with Gasteiger partial charge in [0.15, 0.2) is 0 Å². The molecule has 1 amide bonds. The number of nitrogens with zero attached hydrogens (tertiary/aromatic N) is 6. The molecular weight excluding hydrogens is 351 g/mol. The number of hydrogen-bond donors (Lipinski definition) is 1. The van der Waals surface area contributed by atoms with E-state index in [1.165, 1.54) is 12.1 Å². The van der Waals surface area contributed by atoms with Crippen molar-refractivity contribution in [2.24, 2.45) is 0 Å². The van der Waals surface area contributed by atoms with Crippen LogP contribution in [0, 0.1) is 0 Å². The quantitative estimate of drug-likeness (QED) is 0.849. The van der Waals surface area contributed by atoms with E-state index in [0.717, 1.165) is 22.5 Å². The normalized spacial score (nSPS) is 16.0. The number of tetrazole rings is 1. The molecule has 1 fully saturated rings. The van der Waals surface area contributed by atoms with Gasteiger partial charge in [0.1, 0.15) is 6.54 Å². The Labute approximate surface area is 147 Å². The molecule has 1 aliphatic heterocycles. The molecule has 3 rings (SSSR count).